The van der Waals surface area contributed by atoms with Crippen LogP contribution in [-0.4, -0.2) is 57.6 Å². The molecule has 1 aliphatic heterocycles. The van der Waals surface area contributed by atoms with Gasteiger partial charge in [-0.15, -0.1) is 0 Å². The van der Waals surface area contributed by atoms with Gasteiger partial charge in [0.05, 0.1) is 24.9 Å². The van der Waals surface area contributed by atoms with Crippen LogP contribution in [0.4, 0.5) is 0 Å². The number of aromatic nitrogens is 2. The molecule has 0 spiro atoms. The Hall–Kier alpha value is -2.64. The minimum Gasteiger partial charge on any atom is -0.465 e. The highest BCUT2D eigenvalue weighted by Gasteiger charge is 2.52. The SMILES string of the molecule is CCOC(=O)C(C)NP(=O)(OCC1OC(n2ccc(=O)[nH]c2=O)C(C)(N)C1O)OC(C)c1ccccc1. The number of nitrogens with two attached hydrogens (primary N) is 1. The zero-order valence-electron chi connectivity index (χ0n) is 21.0. The third-order valence-corrected chi connectivity index (χ3v) is 7.68. The largest absolute Gasteiger partial charge is 0.465 e. The number of aliphatic hydroxyl groups is 1. The molecule has 204 valence electrons. The van der Waals surface area contributed by atoms with E-state index in [1.165, 1.54) is 20.0 Å². The Kier molecular flexibility index (Phi) is 9.24. The van der Waals surface area contributed by atoms with Crippen LogP contribution < -0.4 is 22.1 Å². The van der Waals surface area contributed by atoms with E-state index in [1.807, 2.05) is 6.07 Å². The smallest absolute Gasteiger partial charge is 0.406 e. The molecule has 14 heteroatoms. The van der Waals surface area contributed by atoms with Gasteiger partial charge in [-0.05, 0) is 33.3 Å². The average molecular weight is 541 g/mol. The van der Waals surface area contributed by atoms with Crippen molar-refractivity contribution in [2.24, 2.45) is 5.73 Å². The van der Waals surface area contributed by atoms with Gasteiger partial charge in [0.1, 0.15) is 18.2 Å². The van der Waals surface area contributed by atoms with Gasteiger partial charge in [-0.1, -0.05) is 30.3 Å². The fourth-order valence-corrected chi connectivity index (χ4v) is 5.52. The van der Waals surface area contributed by atoms with Gasteiger partial charge >= 0.3 is 19.4 Å². The maximum Gasteiger partial charge on any atom is 0.406 e. The van der Waals surface area contributed by atoms with E-state index >= 15 is 0 Å². The monoisotopic (exact) mass is 540 g/mol. The summed E-state index contributed by atoms with van der Waals surface area (Å²) in [6.07, 6.45) is -3.17. The van der Waals surface area contributed by atoms with E-state index in [0.717, 1.165) is 10.6 Å². The molecule has 37 heavy (non-hydrogen) atoms. The molecule has 0 saturated carbocycles. The second-order valence-electron chi connectivity index (χ2n) is 8.91. The van der Waals surface area contributed by atoms with Crippen molar-refractivity contribution in [3.8, 4) is 0 Å². The zero-order valence-corrected chi connectivity index (χ0v) is 21.9. The quantitative estimate of drug-likeness (QED) is 0.235. The molecule has 2 aromatic rings. The summed E-state index contributed by atoms with van der Waals surface area (Å²) < 4.78 is 37.0. The number of nitrogens with zero attached hydrogens (tertiary/aromatic N) is 1. The Labute approximate surface area is 213 Å². The fraction of sp³-hybridized carbons (Fsp3) is 0.522. The summed E-state index contributed by atoms with van der Waals surface area (Å²) in [7, 11) is -4.20. The number of ether oxygens (including phenoxy) is 2. The van der Waals surface area contributed by atoms with Gasteiger partial charge < -0.3 is 20.3 Å². The summed E-state index contributed by atoms with van der Waals surface area (Å²) >= 11 is 0. The van der Waals surface area contributed by atoms with Gasteiger partial charge in [0, 0.05) is 12.3 Å². The number of aliphatic hydroxyl groups excluding tert-OH is 1. The number of hydrogen-bond donors (Lipinski definition) is 4. The molecule has 13 nitrogen and oxygen atoms in total. The molecule has 5 N–H and O–H groups in total. The number of aromatic amines is 1. The lowest BCUT2D eigenvalue weighted by Gasteiger charge is -2.29. The second kappa shape index (κ2) is 11.8. The minimum atomic E-state index is -4.20. The standard InChI is InChI=1S/C23H33N4O9P/c1-5-33-20(30)14(2)26-37(32,36-15(3)16-9-7-6-8-10-16)34-13-17-19(29)23(4,24)21(35-17)27-12-11-18(28)25-22(27)31/h6-12,14-15,17,19,21,29H,5,13,24H2,1-4H3,(H,26,32)(H,25,28,31). The van der Waals surface area contributed by atoms with E-state index in [2.05, 4.69) is 10.1 Å². The lowest BCUT2D eigenvalue weighted by molar-refractivity contribution is -0.144. The minimum absolute atomic E-state index is 0.125. The zero-order chi connectivity index (χ0) is 27.4. The summed E-state index contributed by atoms with van der Waals surface area (Å²) in [4.78, 5) is 38.0. The molecule has 0 bridgehead atoms. The summed E-state index contributed by atoms with van der Waals surface area (Å²) in [5.41, 5.74) is 4.13. The highest BCUT2D eigenvalue weighted by Crippen LogP contribution is 2.50. The second-order valence-corrected chi connectivity index (χ2v) is 10.6. The van der Waals surface area contributed by atoms with Crippen LogP contribution in [0.2, 0.25) is 0 Å². The van der Waals surface area contributed by atoms with E-state index in [9.17, 15) is 24.1 Å². The molecule has 1 aromatic carbocycles. The lowest BCUT2D eigenvalue weighted by Crippen LogP contribution is -2.53. The van der Waals surface area contributed by atoms with Crippen molar-refractivity contribution in [1.29, 1.82) is 0 Å². The first kappa shape index (κ1) is 28.9. The summed E-state index contributed by atoms with van der Waals surface area (Å²) in [6, 6.07) is 9.03. The molecule has 7 atom stereocenters. The molecular weight excluding hydrogens is 507 g/mol. The summed E-state index contributed by atoms with van der Waals surface area (Å²) in [5.74, 6) is -0.661. The molecule has 0 amide bonds. The van der Waals surface area contributed by atoms with Crippen LogP contribution in [0.25, 0.3) is 0 Å². The molecule has 2 heterocycles. The van der Waals surface area contributed by atoms with Crippen molar-refractivity contribution in [3.05, 3.63) is 69.0 Å². The Balaban J connectivity index is 1.80. The van der Waals surface area contributed by atoms with E-state index < -0.39 is 67.7 Å². The van der Waals surface area contributed by atoms with Crippen molar-refractivity contribution in [3.63, 3.8) is 0 Å². The molecule has 0 radical (unpaired) electrons. The van der Waals surface area contributed by atoms with Crippen LogP contribution >= 0.6 is 7.75 Å². The van der Waals surface area contributed by atoms with Gasteiger partial charge in [0.2, 0.25) is 0 Å². The number of nitrogens with one attached hydrogen (secondary N) is 2. The van der Waals surface area contributed by atoms with Gasteiger partial charge in [-0.2, -0.15) is 0 Å². The molecular formula is C23H33N4O9P. The first-order valence-corrected chi connectivity index (χ1v) is 13.3. The van der Waals surface area contributed by atoms with Crippen LogP contribution in [0.1, 0.15) is 45.6 Å². The molecule has 1 fully saturated rings. The van der Waals surface area contributed by atoms with Crippen molar-refractivity contribution in [2.45, 2.75) is 63.8 Å². The number of benzene rings is 1. The maximum absolute atomic E-state index is 13.8. The molecule has 1 saturated heterocycles. The third kappa shape index (κ3) is 6.82. The molecule has 1 aliphatic rings. The van der Waals surface area contributed by atoms with Gasteiger partial charge in [0.25, 0.3) is 5.56 Å². The normalized spacial score (nSPS) is 26.8. The Morgan fingerprint density at radius 2 is 1.97 bits per heavy atom. The van der Waals surface area contributed by atoms with Crippen LogP contribution in [-0.2, 0) is 27.9 Å². The molecule has 7 unspecified atom stereocenters. The number of rotatable bonds is 11. The number of H-pyrrole nitrogens is 1. The van der Waals surface area contributed by atoms with Gasteiger partial charge in [-0.25, -0.2) is 14.4 Å². The van der Waals surface area contributed by atoms with Crippen LogP contribution in [0.5, 0.6) is 0 Å². The fourth-order valence-electron chi connectivity index (χ4n) is 3.86. The van der Waals surface area contributed by atoms with Crippen LogP contribution in [0, 0.1) is 0 Å². The highest BCUT2D eigenvalue weighted by atomic mass is 31.2. The van der Waals surface area contributed by atoms with E-state index in [-0.39, 0.29) is 6.61 Å². The van der Waals surface area contributed by atoms with Crippen molar-refractivity contribution >= 4 is 13.7 Å². The average Bonchev–Trinajstić information content (AvgIpc) is 3.07. The van der Waals surface area contributed by atoms with Crippen molar-refractivity contribution < 1.29 is 33.0 Å². The Bertz CT molecular complexity index is 1230. The first-order valence-electron chi connectivity index (χ1n) is 11.7. The molecule has 1 aromatic heterocycles. The number of carbonyl (C=O) groups is 1. The Morgan fingerprint density at radius 3 is 2.59 bits per heavy atom. The van der Waals surface area contributed by atoms with Gasteiger partial charge in [0.15, 0.2) is 6.23 Å². The maximum atomic E-state index is 13.8. The van der Waals surface area contributed by atoms with Crippen molar-refractivity contribution in [1.82, 2.24) is 14.6 Å². The van der Waals surface area contributed by atoms with E-state index in [0.29, 0.717) is 5.56 Å². The van der Waals surface area contributed by atoms with Gasteiger partial charge in [-0.3, -0.25) is 28.2 Å². The predicted octanol–water partition coefficient (Wildman–Crippen LogP) is 0.956. The first-order chi connectivity index (χ1) is 17.4. The topological polar surface area (TPSA) is 184 Å². The molecule has 3 rings (SSSR count). The predicted molar refractivity (Wildman–Crippen MR) is 133 cm³/mol. The number of carbonyl (C=O) groups excluding carboxylic acids is 1. The summed E-state index contributed by atoms with van der Waals surface area (Å²) in [5, 5.41) is 13.4. The molecule has 0 aliphatic carbocycles. The lowest BCUT2D eigenvalue weighted by atomic mass is 9.93. The van der Waals surface area contributed by atoms with Crippen LogP contribution in [0.15, 0.2) is 52.2 Å². The van der Waals surface area contributed by atoms with Crippen molar-refractivity contribution in [2.75, 3.05) is 13.2 Å². The van der Waals surface area contributed by atoms with Crippen LogP contribution in [0.3, 0.4) is 0 Å². The number of hydrogen-bond acceptors (Lipinski definition) is 10. The van der Waals surface area contributed by atoms with E-state index in [4.69, 9.17) is 24.3 Å². The van der Waals surface area contributed by atoms with E-state index in [1.54, 1.807) is 38.1 Å². The highest BCUT2D eigenvalue weighted by molar-refractivity contribution is 7.51. The summed E-state index contributed by atoms with van der Waals surface area (Å²) in [6.45, 7) is 5.87. The third-order valence-electron chi connectivity index (χ3n) is 5.90. The Morgan fingerprint density at radius 1 is 1.30 bits per heavy atom. The number of esters is 1.